The van der Waals surface area contributed by atoms with Crippen LogP contribution in [-0.2, 0) is 6.42 Å². The van der Waals surface area contributed by atoms with Crippen molar-refractivity contribution < 1.29 is 4.79 Å². The fraction of sp³-hybridized carbons (Fsp3) is 0.364. The van der Waals surface area contributed by atoms with Gasteiger partial charge in [0.05, 0.1) is 11.2 Å². The fourth-order valence-corrected chi connectivity index (χ4v) is 3.01. The van der Waals surface area contributed by atoms with Crippen molar-refractivity contribution in [2.75, 3.05) is 5.32 Å². The quantitative estimate of drug-likeness (QED) is 0.926. The van der Waals surface area contributed by atoms with Gasteiger partial charge < -0.3 is 0 Å². The van der Waals surface area contributed by atoms with E-state index in [1.54, 1.807) is 5.51 Å². The molecule has 0 aliphatic heterocycles. The zero-order valence-electron chi connectivity index (χ0n) is 9.69. The lowest BCUT2D eigenvalue weighted by atomic mass is 10.3. The predicted octanol–water partition coefficient (Wildman–Crippen LogP) is 3.11. The predicted molar refractivity (Wildman–Crippen MR) is 70.9 cm³/mol. The summed E-state index contributed by atoms with van der Waals surface area (Å²) in [5, 5.41) is 3.46. The Balaban J connectivity index is 2.05. The van der Waals surface area contributed by atoms with Crippen molar-refractivity contribution in [1.82, 2.24) is 9.97 Å². The smallest absolute Gasteiger partial charge is 0.269 e. The van der Waals surface area contributed by atoms with E-state index >= 15 is 0 Å². The highest BCUT2D eigenvalue weighted by Crippen LogP contribution is 2.21. The molecule has 0 aliphatic carbocycles. The molecule has 0 saturated heterocycles. The maximum Gasteiger partial charge on any atom is 0.269 e. The van der Waals surface area contributed by atoms with Crippen LogP contribution in [0.4, 0.5) is 5.13 Å². The number of nitrogens with zero attached hydrogens (tertiary/aromatic N) is 2. The molecular formula is C11H13N3OS2. The fourth-order valence-electron chi connectivity index (χ4n) is 1.40. The van der Waals surface area contributed by atoms with Crippen LogP contribution in [0.5, 0.6) is 0 Å². The van der Waals surface area contributed by atoms with Gasteiger partial charge in [0.2, 0.25) is 0 Å². The second-order valence-corrected chi connectivity index (χ2v) is 5.57. The molecular weight excluding hydrogens is 254 g/mol. The minimum atomic E-state index is -0.123. The van der Waals surface area contributed by atoms with Crippen LogP contribution < -0.4 is 5.32 Å². The molecule has 0 atom stereocenters. The molecule has 2 aromatic heterocycles. The Bertz CT molecular complexity index is 518. The number of carbonyl (C=O) groups is 1. The maximum absolute atomic E-state index is 11.9. The number of carbonyl (C=O) groups excluding carboxylic acids is 1. The van der Waals surface area contributed by atoms with Crippen molar-refractivity contribution in [3.05, 3.63) is 27.2 Å². The Morgan fingerprint density at radius 2 is 2.29 bits per heavy atom. The van der Waals surface area contributed by atoms with Crippen molar-refractivity contribution in [1.29, 1.82) is 0 Å². The van der Waals surface area contributed by atoms with Crippen LogP contribution in [0.2, 0.25) is 0 Å². The third-order valence-electron chi connectivity index (χ3n) is 2.22. The summed E-state index contributed by atoms with van der Waals surface area (Å²) in [5.41, 5.74) is 2.44. The van der Waals surface area contributed by atoms with Crippen LogP contribution in [0.3, 0.4) is 0 Å². The maximum atomic E-state index is 11.9. The number of hydrogen-bond acceptors (Lipinski definition) is 5. The Morgan fingerprint density at radius 1 is 1.47 bits per heavy atom. The average molecular weight is 267 g/mol. The van der Waals surface area contributed by atoms with Gasteiger partial charge in [0.25, 0.3) is 5.91 Å². The summed E-state index contributed by atoms with van der Waals surface area (Å²) in [7, 11) is 0. The molecule has 2 rings (SSSR count). The monoisotopic (exact) mass is 267 g/mol. The Morgan fingerprint density at radius 3 is 2.94 bits per heavy atom. The molecule has 0 saturated carbocycles. The number of aryl methyl sites for hydroxylation is 2. The van der Waals surface area contributed by atoms with E-state index in [0.29, 0.717) is 10.0 Å². The number of anilines is 1. The van der Waals surface area contributed by atoms with Gasteiger partial charge in [-0.15, -0.1) is 22.7 Å². The molecule has 1 amide bonds. The van der Waals surface area contributed by atoms with E-state index in [0.717, 1.165) is 18.5 Å². The Hall–Kier alpha value is -1.27. The highest BCUT2D eigenvalue weighted by Gasteiger charge is 2.13. The van der Waals surface area contributed by atoms with Crippen LogP contribution >= 0.6 is 22.7 Å². The first-order valence-electron chi connectivity index (χ1n) is 5.37. The lowest BCUT2D eigenvalue weighted by Crippen LogP contribution is -2.11. The number of nitrogens with one attached hydrogen (secondary N) is 1. The van der Waals surface area contributed by atoms with Crippen molar-refractivity contribution in [2.45, 2.75) is 26.7 Å². The highest BCUT2D eigenvalue weighted by atomic mass is 32.1. The molecule has 17 heavy (non-hydrogen) atoms. The van der Waals surface area contributed by atoms with Crippen LogP contribution in [0, 0.1) is 6.92 Å². The van der Waals surface area contributed by atoms with Gasteiger partial charge in [0.1, 0.15) is 4.88 Å². The number of hydrogen-bond donors (Lipinski definition) is 1. The number of amides is 1. The van der Waals surface area contributed by atoms with Gasteiger partial charge in [0.15, 0.2) is 5.13 Å². The average Bonchev–Trinajstić information content (AvgIpc) is 2.88. The van der Waals surface area contributed by atoms with Gasteiger partial charge >= 0.3 is 0 Å². The van der Waals surface area contributed by atoms with Gasteiger partial charge in [0, 0.05) is 11.1 Å². The topological polar surface area (TPSA) is 54.9 Å². The standard InChI is InChI=1S/C11H13N3OS2/c1-3-4-8-5-12-11(17-8)14-10(15)9-7(2)13-6-16-9/h5-6H,3-4H2,1-2H3,(H,12,14,15). The molecule has 4 nitrogen and oxygen atoms in total. The van der Waals surface area contributed by atoms with Gasteiger partial charge in [-0.2, -0.15) is 0 Å². The van der Waals surface area contributed by atoms with Gasteiger partial charge in [-0.1, -0.05) is 13.3 Å². The summed E-state index contributed by atoms with van der Waals surface area (Å²) in [6.07, 6.45) is 3.92. The van der Waals surface area contributed by atoms with Gasteiger partial charge in [-0.25, -0.2) is 9.97 Å². The first kappa shape index (κ1) is 12.2. The number of rotatable bonds is 4. The summed E-state index contributed by atoms with van der Waals surface area (Å²) in [4.78, 5) is 22.0. The summed E-state index contributed by atoms with van der Waals surface area (Å²) in [5.74, 6) is -0.123. The molecule has 1 N–H and O–H groups in total. The zero-order chi connectivity index (χ0) is 12.3. The molecule has 2 aromatic rings. The van der Waals surface area contributed by atoms with E-state index in [9.17, 15) is 4.79 Å². The largest absolute Gasteiger partial charge is 0.297 e. The third kappa shape index (κ3) is 2.89. The summed E-state index contributed by atoms with van der Waals surface area (Å²) in [6, 6.07) is 0. The number of aromatic nitrogens is 2. The second kappa shape index (κ2) is 5.37. The molecule has 90 valence electrons. The van der Waals surface area contributed by atoms with Crippen LogP contribution in [0.25, 0.3) is 0 Å². The molecule has 2 heterocycles. The van der Waals surface area contributed by atoms with E-state index in [4.69, 9.17) is 0 Å². The van der Waals surface area contributed by atoms with Crippen molar-refractivity contribution >= 4 is 33.7 Å². The third-order valence-corrected chi connectivity index (χ3v) is 4.12. The highest BCUT2D eigenvalue weighted by molar-refractivity contribution is 7.16. The normalized spacial score (nSPS) is 10.5. The molecule has 0 fully saturated rings. The SMILES string of the molecule is CCCc1cnc(NC(=O)c2scnc2C)s1. The van der Waals surface area contributed by atoms with Gasteiger partial charge in [-0.3, -0.25) is 10.1 Å². The van der Waals surface area contributed by atoms with E-state index in [1.165, 1.54) is 27.6 Å². The first-order chi connectivity index (χ1) is 8.20. The van der Waals surface area contributed by atoms with Crippen LogP contribution in [-0.4, -0.2) is 15.9 Å². The first-order valence-corrected chi connectivity index (χ1v) is 7.06. The summed E-state index contributed by atoms with van der Waals surface area (Å²) >= 11 is 2.88. The number of thiazole rings is 2. The molecule has 6 heteroatoms. The summed E-state index contributed by atoms with van der Waals surface area (Å²) < 4.78 is 0. The molecule has 0 aliphatic rings. The molecule has 0 radical (unpaired) electrons. The van der Waals surface area contributed by atoms with Crippen molar-refractivity contribution in [3.8, 4) is 0 Å². The van der Waals surface area contributed by atoms with Crippen molar-refractivity contribution in [3.63, 3.8) is 0 Å². The van der Waals surface area contributed by atoms with Gasteiger partial charge in [-0.05, 0) is 13.3 Å². The minimum Gasteiger partial charge on any atom is -0.297 e. The van der Waals surface area contributed by atoms with Crippen LogP contribution in [0.1, 0.15) is 33.6 Å². The lowest BCUT2D eigenvalue weighted by Gasteiger charge is -1.98. The minimum absolute atomic E-state index is 0.123. The molecule has 0 aromatic carbocycles. The summed E-state index contributed by atoms with van der Waals surface area (Å²) in [6.45, 7) is 3.95. The Labute approximate surface area is 108 Å². The molecule has 0 bridgehead atoms. The zero-order valence-corrected chi connectivity index (χ0v) is 11.3. The van der Waals surface area contributed by atoms with E-state index in [-0.39, 0.29) is 5.91 Å². The molecule has 0 spiro atoms. The van der Waals surface area contributed by atoms with E-state index in [2.05, 4.69) is 22.2 Å². The van der Waals surface area contributed by atoms with E-state index < -0.39 is 0 Å². The van der Waals surface area contributed by atoms with Crippen LogP contribution in [0.15, 0.2) is 11.7 Å². The van der Waals surface area contributed by atoms with E-state index in [1.807, 2.05) is 13.1 Å². The Kier molecular flexibility index (Phi) is 3.86. The van der Waals surface area contributed by atoms with Crippen molar-refractivity contribution in [2.24, 2.45) is 0 Å². The lowest BCUT2D eigenvalue weighted by molar-refractivity contribution is 0.103. The molecule has 0 unspecified atom stereocenters. The second-order valence-electron chi connectivity index (χ2n) is 3.60.